The molecule has 3 aromatic rings. The fourth-order valence-corrected chi connectivity index (χ4v) is 4.05. The van der Waals surface area contributed by atoms with Crippen LogP contribution in [0.3, 0.4) is 0 Å². The van der Waals surface area contributed by atoms with E-state index in [9.17, 15) is 0 Å². The summed E-state index contributed by atoms with van der Waals surface area (Å²) in [7, 11) is 2.04. The molecule has 1 N–H and O–H groups in total. The lowest BCUT2D eigenvalue weighted by Gasteiger charge is -2.24. The fourth-order valence-electron chi connectivity index (χ4n) is 2.66. The number of nitrogens with one attached hydrogen (secondary N) is 1. The van der Waals surface area contributed by atoms with Crippen LogP contribution < -0.4 is 10.1 Å². The molecule has 4 rings (SSSR count). The summed E-state index contributed by atoms with van der Waals surface area (Å²) in [4.78, 5) is 20.2. The highest BCUT2D eigenvalue weighted by Gasteiger charge is 2.14. The number of ether oxygens (including phenoxy) is 1. The highest BCUT2D eigenvalue weighted by Crippen LogP contribution is 2.27. The lowest BCUT2D eigenvalue weighted by atomic mass is 10.3. The van der Waals surface area contributed by atoms with Gasteiger partial charge in [-0.2, -0.15) is 0 Å². The molecular formula is C18H20N6OS2. The van der Waals surface area contributed by atoms with Crippen molar-refractivity contribution in [2.45, 2.75) is 20.0 Å². The Morgan fingerprint density at radius 3 is 2.93 bits per heavy atom. The summed E-state index contributed by atoms with van der Waals surface area (Å²) in [6.07, 6.45) is 2.85. The zero-order valence-electron chi connectivity index (χ0n) is 15.2. The van der Waals surface area contributed by atoms with Crippen molar-refractivity contribution in [2.75, 3.05) is 25.5 Å². The van der Waals surface area contributed by atoms with E-state index >= 15 is 0 Å². The number of hydrogen-bond acceptors (Lipinski definition) is 9. The minimum Gasteiger partial charge on any atom is -0.485 e. The van der Waals surface area contributed by atoms with Crippen LogP contribution in [0.25, 0.3) is 11.4 Å². The Bertz CT molecular complexity index is 951. The van der Waals surface area contributed by atoms with E-state index in [-0.39, 0.29) is 0 Å². The van der Waals surface area contributed by atoms with Crippen LogP contribution in [0.1, 0.15) is 17.1 Å². The topological polar surface area (TPSA) is 75.5 Å². The van der Waals surface area contributed by atoms with Crippen LogP contribution >= 0.6 is 22.7 Å². The number of aryl methyl sites for hydroxylation is 1. The predicted molar refractivity (Wildman–Crippen MR) is 110 cm³/mol. The van der Waals surface area contributed by atoms with Crippen molar-refractivity contribution in [1.82, 2.24) is 19.9 Å². The van der Waals surface area contributed by atoms with Gasteiger partial charge in [-0.25, -0.2) is 9.97 Å². The first-order chi connectivity index (χ1) is 13.2. The largest absolute Gasteiger partial charge is 0.485 e. The van der Waals surface area contributed by atoms with E-state index in [4.69, 9.17) is 4.74 Å². The first kappa shape index (κ1) is 17.9. The lowest BCUT2D eigenvalue weighted by molar-refractivity contribution is 0.302. The maximum Gasteiger partial charge on any atom is 0.200 e. The quantitative estimate of drug-likeness (QED) is 0.705. The average Bonchev–Trinajstić information content (AvgIpc) is 3.32. The minimum atomic E-state index is 0.425. The predicted octanol–water partition coefficient (Wildman–Crippen LogP) is 3.65. The maximum atomic E-state index is 5.82. The smallest absolute Gasteiger partial charge is 0.200 e. The van der Waals surface area contributed by atoms with Gasteiger partial charge in [0.25, 0.3) is 0 Å². The van der Waals surface area contributed by atoms with Crippen LogP contribution in [-0.2, 0) is 6.61 Å². The van der Waals surface area contributed by atoms with Gasteiger partial charge in [-0.3, -0.25) is 9.98 Å². The molecule has 0 saturated heterocycles. The van der Waals surface area contributed by atoms with Gasteiger partial charge in [-0.15, -0.1) is 22.7 Å². The summed E-state index contributed by atoms with van der Waals surface area (Å²) in [6, 6.07) is 3.79. The third kappa shape index (κ3) is 4.25. The molecular weight excluding hydrogens is 380 g/mol. The first-order valence-electron chi connectivity index (χ1n) is 8.66. The van der Waals surface area contributed by atoms with E-state index in [0.29, 0.717) is 6.61 Å². The Morgan fingerprint density at radius 2 is 2.07 bits per heavy atom. The Kier molecular flexibility index (Phi) is 5.30. The number of aliphatic imine (C=N–C) groups is 1. The second kappa shape index (κ2) is 8.01. The van der Waals surface area contributed by atoms with Gasteiger partial charge in [0.1, 0.15) is 28.8 Å². The van der Waals surface area contributed by atoms with Crippen molar-refractivity contribution in [3.05, 3.63) is 39.8 Å². The van der Waals surface area contributed by atoms with Gasteiger partial charge in [0.05, 0.1) is 5.69 Å². The average molecular weight is 401 g/mol. The summed E-state index contributed by atoms with van der Waals surface area (Å²) in [5.41, 5.74) is 2.60. The Balaban J connectivity index is 1.41. The van der Waals surface area contributed by atoms with Gasteiger partial charge < -0.3 is 15.0 Å². The SMILES string of the molecule is Cc1ncccc1OCc1nc(-c2csc(NC3=NCCCN3C)n2)cs1. The number of nitrogens with zero attached hydrogens (tertiary/aromatic N) is 5. The van der Waals surface area contributed by atoms with E-state index < -0.39 is 0 Å². The molecule has 140 valence electrons. The summed E-state index contributed by atoms with van der Waals surface area (Å²) >= 11 is 3.13. The zero-order valence-corrected chi connectivity index (χ0v) is 16.8. The van der Waals surface area contributed by atoms with Gasteiger partial charge >= 0.3 is 0 Å². The molecule has 0 amide bonds. The van der Waals surface area contributed by atoms with Crippen molar-refractivity contribution in [3.63, 3.8) is 0 Å². The number of anilines is 1. The number of hydrogen-bond donors (Lipinski definition) is 1. The van der Waals surface area contributed by atoms with E-state index in [1.165, 1.54) is 0 Å². The van der Waals surface area contributed by atoms with Crippen LogP contribution in [0.5, 0.6) is 5.75 Å². The van der Waals surface area contributed by atoms with E-state index in [0.717, 1.165) is 58.4 Å². The highest BCUT2D eigenvalue weighted by molar-refractivity contribution is 7.14. The highest BCUT2D eigenvalue weighted by atomic mass is 32.1. The van der Waals surface area contributed by atoms with Crippen LogP contribution in [0.15, 0.2) is 34.1 Å². The van der Waals surface area contributed by atoms with Crippen molar-refractivity contribution < 1.29 is 4.74 Å². The van der Waals surface area contributed by atoms with Gasteiger partial charge in [0.15, 0.2) is 11.1 Å². The molecule has 0 unspecified atom stereocenters. The molecule has 27 heavy (non-hydrogen) atoms. The molecule has 0 saturated carbocycles. The molecule has 1 aliphatic rings. The monoisotopic (exact) mass is 400 g/mol. The third-order valence-electron chi connectivity index (χ3n) is 4.12. The molecule has 3 aromatic heterocycles. The van der Waals surface area contributed by atoms with Crippen molar-refractivity contribution in [3.8, 4) is 17.1 Å². The van der Waals surface area contributed by atoms with Crippen LogP contribution in [0.2, 0.25) is 0 Å². The van der Waals surface area contributed by atoms with Gasteiger partial charge in [-0.05, 0) is 25.5 Å². The Morgan fingerprint density at radius 1 is 1.22 bits per heavy atom. The van der Waals surface area contributed by atoms with Gasteiger partial charge in [-0.1, -0.05) is 0 Å². The first-order valence-corrected chi connectivity index (χ1v) is 10.4. The van der Waals surface area contributed by atoms with E-state index in [2.05, 4.69) is 30.2 Å². The summed E-state index contributed by atoms with van der Waals surface area (Å²) in [5.74, 6) is 1.66. The Hall–Kier alpha value is -2.52. The molecule has 0 radical (unpaired) electrons. The normalized spacial score (nSPS) is 14.1. The molecule has 0 atom stereocenters. The van der Waals surface area contributed by atoms with Crippen LogP contribution in [0.4, 0.5) is 5.13 Å². The maximum absolute atomic E-state index is 5.82. The van der Waals surface area contributed by atoms with Gasteiger partial charge in [0.2, 0.25) is 0 Å². The van der Waals surface area contributed by atoms with E-state index in [1.54, 1.807) is 28.9 Å². The molecule has 9 heteroatoms. The molecule has 0 aromatic carbocycles. The van der Waals surface area contributed by atoms with Gasteiger partial charge in [0, 0.05) is 37.1 Å². The molecule has 1 aliphatic heterocycles. The van der Waals surface area contributed by atoms with Crippen LogP contribution in [0, 0.1) is 6.92 Å². The number of guanidine groups is 1. The number of rotatable bonds is 5. The lowest BCUT2D eigenvalue weighted by Crippen LogP contribution is -2.37. The zero-order chi connectivity index (χ0) is 18.6. The van der Waals surface area contributed by atoms with Crippen molar-refractivity contribution >= 4 is 33.8 Å². The standard InChI is InChI=1S/C18H20N6OS2/c1-12-15(5-3-6-19-12)25-9-16-21-13(10-26-16)14-11-27-18(22-14)23-17-20-7-4-8-24(17)2/h3,5-6,10-11H,4,7-9H2,1-2H3,(H,20,22,23). The van der Waals surface area contributed by atoms with Crippen molar-refractivity contribution in [2.24, 2.45) is 4.99 Å². The second-order valence-electron chi connectivity index (χ2n) is 6.15. The second-order valence-corrected chi connectivity index (χ2v) is 7.95. The molecule has 4 heterocycles. The number of thiazole rings is 2. The van der Waals surface area contributed by atoms with Crippen LogP contribution in [-0.4, -0.2) is 45.9 Å². The summed E-state index contributed by atoms with van der Waals surface area (Å²) in [6.45, 7) is 4.22. The molecule has 0 spiro atoms. The molecule has 7 nitrogen and oxygen atoms in total. The molecule has 0 fully saturated rings. The molecule has 0 bridgehead atoms. The number of aromatic nitrogens is 3. The van der Waals surface area contributed by atoms with Crippen molar-refractivity contribution in [1.29, 1.82) is 0 Å². The summed E-state index contributed by atoms with van der Waals surface area (Å²) < 4.78 is 5.82. The number of pyridine rings is 1. The minimum absolute atomic E-state index is 0.425. The third-order valence-corrected chi connectivity index (χ3v) is 5.70. The van der Waals surface area contributed by atoms with E-state index in [1.807, 2.05) is 36.9 Å². The Labute approximate surface area is 165 Å². The fraction of sp³-hybridized carbons (Fsp3) is 0.333. The molecule has 0 aliphatic carbocycles. The summed E-state index contributed by atoms with van der Waals surface area (Å²) in [5, 5.41) is 9.07.